The molecule has 0 aliphatic rings. The van der Waals surface area contributed by atoms with Gasteiger partial charge in [-0.05, 0) is 43.3 Å². The zero-order valence-corrected chi connectivity index (χ0v) is 15.6. The van der Waals surface area contributed by atoms with E-state index in [0.29, 0.717) is 31.8 Å². The normalized spacial score (nSPS) is 10.6. The Bertz CT molecular complexity index is 978. The van der Waals surface area contributed by atoms with Crippen molar-refractivity contribution in [1.29, 1.82) is 0 Å². The Morgan fingerprint density at radius 3 is 2.48 bits per heavy atom. The van der Waals surface area contributed by atoms with Crippen molar-refractivity contribution in [2.24, 2.45) is 0 Å². The highest BCUT2D eigenvalue weighted by atomic mass is 32.1. The molecule has 27 heavy (non-hydrogen) atoms. The number of halogens is 1. The molecule has 7 heteroatoms. The second-order valence-corrected chi connectivity index (χ2v) is 6.60. The minimum absolute atomic E-state index is 0.00729. The SMILES string of the molecule is CCOC(=O)c1sc2cccc(F)c2c1COc1ccc(C(=O)OC)cc1. The van der Waals surface area contributed by atoms with Gasteiger partial charge in [0.25, 0.3) is 0 Å². The van der Waals surface area contributed by atoms with Gasteiger partial charge in [0.15, 0.2) is 0 Å². The molecule has 5 nitrogen and oxygen atoms in total. The molecular weight excluding hydrogens is 371 g/mol. The lowest BCUT2D eigenvalue weighted by molar-refractivity contribution is 0.0528. The van der Waals surface area contributed by atoms with Gasteiger partial charge < -0.3 is 14.2 Å². The molecule has 1 aromatic heterocycles. The van der Waals surface area contributed by atoms with Gasteiger partial charge in [0.1, 0.15) is 23.1 Å². The smallest absolute Gasteiger partial charge is 0.348 e. The maximum Gasteiger partial charge on any atom is 0.348 e. The minimum atomic E-state index is -0.502. The first kappa shape index (κ1) is 18.8. The van der Waals surface area contributed by atoms with Gasteiger partial charge in [-0.3, -0.25) is 0 Å². The molecule has 0 saturated heterocycles. The Kier molecular flexibility index (Phi) is 5.71. The number of benzene rings is 2. The fourth-order valence-electron chi connectivity index (χ4n) is 2.63. The van der Waals surface area contributed by atoms with E-state index in [0.717, 1.165) is 0 Å². The number of carbonyl (C=O) groups excluding carboxylic acids is 2. The minimum Gasteiger partial charge on any atom is -0.489 e. The van der Waals surface area contributed by atoms with Gasteiger partial charge in [-0.2, -0.15) is 0 Å². The van der Waals surface area contributed by atoms with Gasteiger partial charge >= 0.3 is 11.9 Å². The van der Waals surface area contributed by atoms with Crippen LogP contribution in [-0.2, 0) is 16.1 Å². The van der Waals surface area contributed by atoms with Crippen LogP contribution in [0.4, 0.5) is 4.39 Å². The molecule has 0 bridgehead atoms. The Hall–Kier alpha value is -2.93. The number of ether oxygens (including phenoxy) is 3. The molecule has 0 radical (unpaired) electrons. The summed E-state index contributed by atoms with van der Waals surface area (Å²) in [5.41, 5.74) is 0.840. The van der Waals surface area contributed by atoms with E-state index in [9.17, 15) is 14.0 Å². The summed E-state index contributed by atoms with van der Waals surface area (Å²) >= 11 is 1.17. The zero-order chi connectivity index (χ0) is 19.4. The second-order valence-electron chi connectivity index (χ2n) is 5.55. The van der Waals surface area contributed by atoms with Gasteiger partial charge in [-0.25, -0.2) is 14.0 Å². The van der Waals surface area contributed by atoms with Gasteiger partial charge in [0.05, 0.1) is 19.3 Å². The third-order valence-corrected chi connectivity index (χ3v) is 5.06. The highest BCUT2D eigenvalue weighted by Crippen LogP contribution is 2.34. The highest BCUT2D eigenvalue weighted by molar-refractivity contribution is 7.21. The molecule has 0 saturated carbocycles. The average molecular weight is 388 g/mol. The lowest BCUT2D eigenvalue weighted by Gasteiger charge is -2.09. The molecule has 0 atom stereocenters. The average Bonchev–Trinajstić information content (AvgIpc) is 3.06. The summed E-state index contributed by atoms with van der Waals surface area (Å²) in [6, 6.07) is 11.1. The van der Waals surface area contributed by atoms with Crippen LogP contribution in [0.2, 0.25) is 0 Å². The topological polar surface area (TPSA) is 61.8 Å². The number of hydrogen-bond acceptors (Lipinski definition) is 6. The molecule has 0 amide bonds. The Balaban J connectivity index is 1.90. The highest BCUT2D eigenvalue weighted by Gasteiger charge is 2.22. The van der Waals surface area contributed by atoms with E-state index in [1.807, 2.05) is 0 Å². The van der Waals surface area contributed by atoms with Crippen molar-refractivity contribution in [3.05, 3.63) is 64.3 Å². The van der Waals surface area contributed by atoms with Crippen LogP contribution in [0.3, 0.4) is 0 Å². The van der Waals surface area contributed by atoms with Crippen molar-refractivity contribution in [2.75, 3.05) is 13.7 Å². The van der Waals surface area contributed by atoms with Crippen LogP contribution in [0, 0.1) is 5.82 Å². The third-order valence-electron chi connectivity index (χ3n) is 3.88. The Morgan fingerprint density at radius 1 is 1.07 bits per heavy atom. The van der Waals surface area contributed by atoms with Crippen LogP contribution < -0.4 is 4.74 Å². The molecule has 0 fully saturated rings. The van der Waals surface area contributed by atoms with E-state index in [2.05, 4.69) is 4.74 Å². The lowest BCUT2D eigenvalue weighted by Crippen LogP contribution is -2.07. The maximum absolute atomic E-state index is 14.4. The molecule has 0 aliphatic carbocycles. The molecule has 0 unspecified atom stereocenters. The number of thiophene rings is 1. The fraction of sp³-hybridized carbons (Fsp3) is 0.200. The van der Waals surface area contributed by atoms with Crippen molar-refractivity contribution in [1.82, 2.24) is 0 Å². The Morgan fingerprint density at radius 2 is 1.81 bits per heavy atom. The molecule has 1 heterocycles. The Labute approximate surface area is 159 Å². The predicted octanol–water partition coefficient (Wildman–Crippen LogP) is 4.58. The summed E-state index contributed by atoms with van der Waals surface area (Å²) in [5, 5.41) is 0.358. The van der Waals surface area contributed by atoms with E-state index in [4.69, 9.17) is 9.47 Å². The first-order chi connectivity index (χ1) is 13.0. The lowest BCUT2D eigenvalue weighted by atomic mass is 10.1. The molecule has 0 spiro atoms. The number of fused-ring (bicyclic) bond motifs is 1. The van der Waals surface area contributed by atoms with Crippen molar-refractivity contribution in [2.45, 2.75) is 13.5 Å². The number of methoxy groups -OCH3 is 1. The second kappa shape index (κ2) is 8.18. The van der Waals surface area contributed by atoms with Crippen LogP contribution in [0.5, 0.6) is 5.75 Å². The van der Waals surface area contributed by atoms with E-state index in [1.54, 1.807) is 43.3 Å². The van der Waals surface area contributed by atoms with Crippen LogP contribution in [0.15, 0.2) is 42.5 Å². The molecule has 140 valence electrons. The standard InChI is InChI=1S/C20H17FO5S/c1-3-25-20(23)18-14(17-15(21)5-4-6-16(17)27-18)11-26-13-9-7-12(8-10-13)19(22)24-2/h4-10H,3,11H2,1-2H3. The summed E-state index contributed by atoms with van der Waals surface area (Å²) in [5.74, 6) is -0.887. The van der Waals surface area contributed by atoms with Crippen LogP contribution in [-0.4, -0.2) is 25.7 Å². The van der Waals surface area contributed by atoms with E-state index in [1.165, 1.54) is 24.5 Å². The van der Waals surface area contributed by atoms with Crippen molar-refractivity contribution in [3.63, 3.8) is 0 Å². The van der Waals surface area contributed by atoms with E-state index < -0.39 is 17.8 Å². The third kappa shape index (κ3) is 3.93. The number of rotatable bonds is 6. The molecule has 3 rings (SSSR count). The van der Waals surface area contributed by atoms with Crippen molar-refractivity contribution in [3.8, 4) is 5.75 Å². The summed E-state index contributed by atoms with van der Waals surface area (Å²) in [4.78, 5) is 24.1. The number of hydrogen-bond donors (Lipinski definition) is 0. The summed E-state index contributed by atoms with van der Waals surface area (Å²) in [6.07, 6.45) is 0. The fourth-order valence-corrected chi connectivity index (χ4v) is 3.74. The zero-order valence-electron chi connectivity index (χ0n) is 14.8. The van der Waals surface area contributed by atoms with Crippen LogP contribution >= 0.6 is 11.3 Å². The molecule has 3 aromatic rings. The predicted molar refractivity (Wildman–Crippen MR) is 99.9 cm³/mol. The maximum atomic E-state index is 14.4. The summed E-state index contributed by atoms with van der Waals surface area (Å²) < 4.78 is 30.5. The van der Waals surface area contributed by atoms with E-state index in [-0.39, 0.29) is 13.2 Å². The van der Waals surface area contributed by atoms with E-state index >= 15 is 0 Å². The molecular formula is C20H17FO5S. The van der Waals surface area contributed by atoms with Crippen LogP contribution in [0.1, 0.15) is 32.5 Å². The van der Waals surface area contributed by atoms with Crippen LogP contribution in [0.25, 0.3) is 10.1 Å². The van der Waals surface area contributed by atoms with Crippen molar-refractivity contribution < 1.29 is 28.2 Å². The number of carbonyl (C=O) groups is 2. The quantitative estimate of drug-likeness (QED) is 0.578. The van der Waals surface area contributed by atoms with Gasteiger partial charge in [0.2, 0.25) is 0 Å². The van der Waals surface area contributed by atoms with Gasteiger partial charge in [-0.1, -0.05) is 6.07 Å². The first-order valence-electron chi connectivity index (χ1n) is 8.23. The molecule has 2 aromatic carbocycles. The molecule has 0 N–H and O–H groups in total. The van der Waals surface area contributed by atoms with Gasteiger partial charge in [0, 0.05) is 15.6 Å². The van der Waals surface area contributed by atoms with Gasteiger partial charge in [-0.15, -0.1) is 11.3 Å². The monoisotopic (exact) mass is 388 g/mol. The number of esters is 2. The molecule has 0 aliphatic heterocycles. The summed E-state index contributed by atoms with van der Waals surface area (Å²) in [6.45, 7) is 1.93. The first-order valence-corrected chi connectivity index (χ1v) is 9.05. The summed E-state index contributed by atoms with van der Waals surface area (Å²) in [7, 11) is 1.31. The largest absolute Gasteiger partial charge is 0.489 e. The van der Waals surface area contributed by atoms with Crippen molar-refractivity contribution >= 4 is 33.4 Å².